The van der Waals surface area contributed by atoms with Gasteiger partial charge in [0.2, 0.25) is 0 Å². The van der Waals surface area contributed by atoms with Crippen molar-refractivity contribution < 1.29 is 4.42 Å². The van der Waals surface area contributed by atoms with Gasteiger partial charge in [0, 0.05) is 50.0 Å². The Balaban J connectivity index is 1.06. The first-order chi connectivity index (χ1) is 29.5. The minimum atomic E-state index is -0.121. The van der Waals surface area contributed by atoms with Gasteiger partial charge in [-0.2, -0.15) is 0 Å². The van der Waals surface area contributed by atoms with Gasteiger partial charge in [-0.15, -0.1) is 0 Å². The number of rotatable bonds is 5. The van der Waals surface area contributed by atoms with Crippen molar-refractivity contribution >= 4 is 82.4 Å². The third-order valence-corrected chi connectivity index (χ3v) is 13.3. The monoisotopic (exact) mass is 766 g/mol. The molecule has 0 aliphatic heterocycles. The van der Waals surface area contributed by atoms with Gasteiger partial charge in [0.15, 0.2) is 0 Å². The van der Waals surface area contributed by atoms with Gasteiger partial charge in [0.25, 0.3) is 0 Å². The van der Waals surface area contributed by atoms with E-state index in [1.807, 2.05) is 0 Å². The highest BCUT2D eigenvalue weighted by atomic mass is 16.3. The minimum absolute atomic E-state index is 0.121. The number of fused-ring (bicyclic) bond motifs is 9. The molecule has 0 radical (unpaired) electrons. The summed E-state index contributed by atoms with van der Waals surface area (Å²) < 4.78 is 9.11. The van der Waals surface area contributed by atoms with Crippen LogP contribution in [0.1, 0.15) is 25.0 Å². The molecule has 282 valence electrons. The Morgan fingerprint density at radius 2 is 1.07 bits per heavy atom. The van der Waals surface area contributed by atoms with Gasteiger partial charge in [0.05, 0.1) is 22.4 Å². The molecule has 10 aromatic carbocycles. The van der Waals surface area contributed by atoms with E-state index in [9.17, 15) is 0 Å². The number of nitrogens with zero attached hydrogens (tertiary/aromatic N) is 2. The number of furan rings is 1. The van der Waals surface area contributed by atoms with Crippen LogP contribution in [-0.2, 0) is 5.41 Å². The fourth-order valence-corrected chi connectivity index (χ4v) is 10.6. The molecule has 13 rings (SSSR count). The summed E-state index contributed by atoms with van der Waals surface area (Å²) in [6, 6.07) is 71.2. The van der Waals surface area contributed by atoms with E-state index in [4.69, 9.17) is 4.42 Å². The Bertz CT molecular complexity index is 3680. The zero-order chi connectivity index (χ0) is 39.7. The van der Waals surface area contributed by atoms with Crippen molar-refractivity contribution in [3.05, 3.63) is 205 Å². The molecule has 3 heteroatoms. The maximum Gasteiger partial charge on any atom is 0.138 e. The summed E-state index contributed by atoms with van der Waals surface area (Å²) >= 11 is 0. The zero-order valence-electron chi connectivity index (χ0n) is 33.3. The molecule has 0 spiro atoms. The second-order valence-electron chi connectivity index (χ2n) is 16.9. The highest BCUT2D eigenvalue weighted by molar-refractivity contribution is 6.33. The molecule has 0 amide bonds. The summed E-state index contributed by atoms with van der Waals surface area (Å²) in [7, 11) is 0. The van der Waals surface area contributed by atoms with Crippen LogP contribution in [0, 0.1) is 0 Å². The first-order valence-electron chi connectivity index (χ1n) is 20.8. The maximum absolute atomic E-state index is 6.69. The van der Waals surface area contributed by atoms with Gasteiger partial charge in [0.1, 0.15) is 11.2 Å². The van der Waals surface area contributed by atoms with Crippen molar-refractivity contribution in [2.24, 2.45) is 0 Å². The lowest BCUT2D eigenvalue weighted by molar-refractivity contribution is 0.660. The summed E-state index contributed by atoms with van der Waals surface area (Å²) in [5.74, 6) is 0. The Morgan fingerprint density at radius 3 is 1.92 bits per heavy atom. The number of hydrogen-bond acceptors (Lipinski definition) is 2. The lowest BCUT2D eigenvalue weighted by Gasteiger charge is -2.29. The lowest BCUT2D eigenvalue weighted by Crippen LogP contribution is -2.16. The average molecular weight is 767 g/mol. The normalized spacial score (nSPS) is 13.3. The molecule has 0 atom stereocenters. The van der Waals surface area contributed by atoms with E-state index < -0.39 is 0 Å². The van der Waals surface area contributed by atoms with Gasteiger partial charge in [-0.3, -0.25) is 0 Å². The van der Waals surface area contributed by atoms with Gasteiger partial charge < -0.3 is 13.9 Å². The summed E-state index contributed by atoms with van der Waals surface area (Å²) in [4.78, 5) is 2.47. The van der Waals surface area contributed by atoms with Crippen LogP contribution in [-0.4, -0.2) is 4.57 Å². The lowest BCUT2D eigenvalue weighted by atomic mass is 9.82. The van der Waals surface area contributed by atoms with Gasteiger partial charge in [-0.05, 0) is 104 Å². The molecule has 3 nitrogen and oxygen atoms in total. The van der Waals surface area contributed by atoms with E-state index in [0.29, 0.717) is 0 Å². The average Bonchev–Trinajstić information content (AvgIpc) is 3.92. The van der Waals surface area contributed by atoms with E-state index in [1.54, 1.807) is 0 Å². The highest BCUT2D eigenvalue weighted by Gasteiger charge is 2.37. The molecule has 0 fully saturated rings. The molecular weight excluding hydrogens is 729 g/mol. The third-order valence-electron chi connectivity index (χ3n) is 13.3. The Hall–Kier alpha value is -7.62. The summed E-state index contributed by atoms with van der Waals surface area (Å²) in [5, 5.41) is 9.74. The van der Waals surface area contributed by atoms with E-state index in [2.05, 4.69) is 217 Å². The van der Waals surface area contributed by atoms with Crippen LogP contribution in [0.15, 0.2) is 199 Å². The standard InChI is InChI=1S/C57H38N2O/c1-57(2)47-21-10-8-19-44(47)54-48(57)22-13-24-51(54)58(37-28-26-36(27-29-37)35-14-4-3-5-15-35)38-30-31-50-45(32-38)42-18-9-11-23-49(42)59(50)39-33-46-41-17-7-6-16-40(41)43-20-12-25-52-55(43)56(46)53(34-39)60-52/h3-34H,1-2H3. The SMILES string of the molecule is CC1(C)c2ccccc2-c2c(N(c3ccc(-c4ccccc4)cc3)c3ccc4c(c3)c3ccccc3n4-c3cc4oc5cccc6c7ccccc7c(c3)c4c56)cccc21. The number of benzene rings is 10. The Labute approximate surface area is 347 Å². The van der Waals surface area contributed by atoms with Crippen molar-refractivity contribution in [3.8, 4) is 27.9 Å². The second kappa shape index (κ2) is 12.2. The van der Waals surface area contributed by atoms with Crippen LogP contribution in [0.5, 0.6) is 0 Å². The van der Waals surface area contributed by atoms with Crippen LogP contribution >= 0.6 is 0 Å². The first-order valence-corrected chi connectivity index (χ1v) is 20.8. The van der Waals surface area contributed by atoms with Crippen molar-refractivity contribution in [1.82, 2.24) is 4.57 Å². The van der Waals surface area contributed by atoms with E-state index in [1.165, 1.54) is 82.2 Å². The summed E-state index contributed by atoms with van der Waals surface area (Å²) in [6.45, 7) is 4.71. The summed E-state index contributed by atoms with van der Waals surface area (Å²) in [5.41, 5.74) is 16.2. The molecule has 0 bridgehead atoms. The highest BCUT2D eigenvalue weighted by Crippen LogP contribution is 2.54. The first kappa shape index (κ1) is 33.4. The Kier molecular flexibility index (Phi) is 6.78. The van der Waals surface area contributed by atoms with Gasteiger partial charge in [-0.25, -0.2) is 0 Å². The molecule has 2 heterocycles. The van der Waals surface area contributed by atoms with Crippen LogP contribution < -0.4 is 4.90 Å². The number of hydrogen-bond donors (Lipinski definition) is 0. The van der Waals surface area contributed by atoms with Crippen molar-refractivity contribution in [1.29, 1.82) is 0 Å². The largest absolute Gasteiger partial charge is 0.456 e. The zero-order valence-corrected chi connectivity index (χ0v) is 33.3. The molecule has 12 aromatic rings. The van der Waals surface area contributed by atoms with Crippen LogP contribution in [0.3, 0.4) is 0 Å². The number of para-hydroxylation sites is 1. The van der Waals surface area contributed by atoms with Crippen molar-refractivity contribution in [2.75, 3.05) is 4.90 Å². The van der Waals surface area contributed by atoms with Crippen LogP contribution in [0.2, 0.25) is 0 Å². The van der Waals surface area contributed by atoms with Crippen LogP contribution in [0.25, 0.3) is 93.2 Å². The van der Waals surface area contributed by atoms with Crippen LogP contribution in [0.4, 0.5) is 17.1 Å². The molecule has 0 N–H and O–H groups in total. The Morgan fingerprint density at radius 1 is 0.433 bits per heavy atom. The fraction of sp³-hybridized carbons (Fsp3) is 0.0526. The molecule has 2 aromatic heterocycles. The predicted molar refractivity (Wildman–Crippen MR) is 252 cm³/mol. The van der Waals surface area contributed by atoms with Gasteiger partial charge >= 0.3 is 0 Å². The second-order valence-corrected chi connectivity index (χ2v) is 16.9. The van der Waals surface area contributed by atoms with E-state index >= 15 is 0 Å². The van der Waals surface area contributed by atoms with E-state index in [-0.39, 0.29) is 5.41 Å². The molecule has 1 aliphatic carbocycles. The van der Waals surface area contributed by atoms with E-state index in [0.717, 1.165) is 39.3 Å². The minimum Gasteiger partial charge on any atom is -0.456 e. The predicted octanol–water partition coefficient (Wildman–Crippen LogP) is 15.9. The quantitative estimate of drug-likeness (QED) is 0.163. The van der Waals surface area contributed by atoms with Crippen molar-refractivity contribution in [2.45, 2.75) is 19.3 Å². The van der Waals surface area contributed by atoms with Crippen molar-refractivity contribution in [3.63, 3.8) is 0 Å². The maximum atomic E-state index is 6.69. The van der Waals surface area contributed by atoms with Gasteiger partial charge in [-0.1, -0.05) is 147 Å². The molecule has 0 saturated heterocycles. The third kappa shape index (κ3) is 4.55. The number of anilines is 3. The molecular formula is C57H38N2O. The molecule has 0 unspecified atom stereocenters. The topological polar surface area (TPSA) is 21.3 Å². The molecule has 0 saturated carbocycles. The summed E-state index contributed by atoms with van der Waals surface area (Å²) in [6.07, 6.45) is 0. The molecule has 60 heavy (non-hydrogen) atoms. The molecule has 1 aliphatic rings. The smallest absolute Gasteiger partial charge is 0.138 e. The number of aromatic nitrogens is 1. The fourth-order valence-electron chi connectivity index (χ4n) is 10.6.